The average Bonchev–Trinajstić information content (AvgIpc) is 2.52. The Morgan fingerprint density at radius 2 is 1.50 bits per heavy atom. The zero-order valence-electron chi connectivity index (χ0n) is 13.1. The lowest BCUT2D eigenvalue weighted by molar-refractivity contribution is 0.285. The molecule has 5 heteroatoms. The highest BCUT2D eigenvalue weighted by Crippen LogP contribution is 2.38. The monoisotopic (exact) mass is 306 g/mol. The summed E-state index contributed by atoms with van der Waals surface area (Å²) in [5, 5.41) is 0. The molecule has 0 radical (unpaired) electrons. The number of halogens is 1. The zero-order chi connectivity index (χ0) is 16.1. The van der Waals surface area contributed by atoms with Gasteiger partial charge in [0.1, 0.15) is 6.61 Å². The van der Waals surface area contributed by atoms with Crippen LogP contribution in [0.25, 0.3) is 0 Å². The molecule has 2 aromatic rings. The van der Waals surface area contributed by atoms with Gasteiger partial charge >= 0.3 is 0 Å². The van der Waals surface area contributed by atoms with E-state index < -0.39 is 0 Å². The molecule has 0 aliphatic heterocycles. The van der Waals surface area contributed by atoms with E-state index >= 15 is 0 Å². The fourth-order valence-electron chi connectivity index (χ4n) is 2.10. The van der Waals surface area contributed by atoms with Crippen molar-refractivity contribution in [3.05, 3.63) is 47.3 Å². The number of hydrogen-bond acceptors (Lipinski definition) is 4. The van der Waals surface area contributed by atoms with E-state index in [0.29, 0.717) is 17.2 Å². The summed E-state index contributed by atoms with van der Waals surface area (Å²) in [6.45, 7) is 2.02. The minimum Gasteiger partial charge on any atom is -0.493 e. The molecule has 4 nitrogen and oxygen atoms in total. The summed E-state index contributed by atoms with van der Waals surface area (Å²) in [7, 11) is 4.63. The first-order valence-corrected chi connectivity index (χ1v) is 6.77. The fourth-order valence-corrected chi connectivity index (χ4v) is 2.10. The SMILES string of the molecule is COc1cc(COc2ccc(C)cc2F)cc(OC)c1OC. The third kappa shape index (κ3) is 3.42. The maximum Gasteiger partial charge on any atom is 0.203 e. The predicted octanol–water partition coefficient (Wildman–Crippen LogP) is 3.74. The first-order chi connectivity index (χ1) is 10.6. The maximum absolute atomic E-state index is 13.8. The van der Waals surface area contributed by atoms with Crippen LogP contribution in [-0.4, -0.2) is 21.3 Å². The van der Waals surface area contributed by atoms with Gasteiger partial charge in [-0.05, 0) is 42.3 Å². The van der Waals surface area contributed by atoms with Gasteiger partial charge < -0.3 is 18.9 Å². The Morgan fingerprint density at radius 1 is 0.864 bits per heavy atom. The molecule has 118 valence electrons. The molecular weight excluding hydrogens is 287 g/mol. The van der Waals surface area contributed by atoms with Gasteiger partial charge in [0.15, 0.2) is 23.1 Å². The van der Waals surface area contributed by atoms with Crippen LogP contribution < -0.4 is 18.9 Å². The van der Waals surface area contributed by atoms with Gasteiger partial charge in [-0.25, -0.2) is 4.39 Å². The Labute approximate surface area is 129 Å². The topological polar surface area (TPSA) is 36.9 Å². The van der Waals surface area contributed by atoms with Crippen molar-refractivity contribution < 1.29 is 23.3 Å². The summed E-state index contributed by atoms with van der Waals surface area (Å²) in [5.74, 6) is 1.40. The lowest BCUT2D eigenvalue weighted by atomic mass is 10.2. The molecule has 0 saturated heterocycles. The second-order valence-corrected chi connectivity index (χ2v) is 4.76. The summed E-state index contributed by atoms with van der Waals surface area (Å²) in [6.07, 6.45) is 0. The molecule has 22 heavy (non-hydrogen) atoms. The largest absolute Gasteiger partial charge is 0.493 e. The van der Waals surface area contributed by atoms with Crippen LogP contribution in [0.15, 0.2) is 30.3 Å². The lowest BCUT2D eigenvalue weighted by Crippen LogP contribution is -2.01. The minimum absolute atomic E-state index is 0.191. The first-order valence-electron chi connectivity index (χ1n) is 6.77. The van der Waals surface area contributed by atoms with Crippen molar-refractivity contribution in [3.63, 3.8) is 0 Å². The maximum atomic E-state index is 13.8. The lowest BCUT2D eigenvalue weighted by Gasteiger charge is -2.14. The third-order valence-corrected chi connectivity index (χ3v) is 3.21. The van der Waals surface area contributed by atoms with E-state index in [9.17, 15) is 4.39 Å². The Balaban J connectivity index is 2.22. The highest BCUT2D eigenvalue weighted by atomic mass is 19.1. The molecule has 0 N–H and O–H groups in total. The van der Waals surface area contributed by atoms with Gasteiger partial charge in [0.05, 0.1) is 21.3 Å². The second-order valence-electron chi connectivity index (χ2n) is 4.76. The van der Waals surface area contributed by atoms with Crippen molar-refractivity contribution in [2.45, 2.75) is 13.5 Å². The smallest absolute Gasteiger partial charge is 0.203 e. The summed E-state index contributed by atoms with van der Waals surface area (Å²) < 4.78 is 35.1. The van der Waals surface area contributed by atoms with E-state index in [1.165, 1.54) is 13.2 Å². The Kier molecular flexibility index (Phi) is 5.09. The zero-order valence-corrected chi connectivity index (χ0v) is 13.1. The van der Waals surface area contributed by atoms with Gasteiger partial charge in [0.2, 0.25) is 5.75 Å². The van der Waals surface area contributed by atoms with Crippen molar-refractivity contribution in [1.29, 1.82) is 0 Å². The molecule has 2 rings (SSSR count). The number of aryl methyl sites for hydroxylation is 1. The predicted molar refractivity (Wildman–Crippen MR) is 81.6 cm³/mol. The Hall–Kier alpha value is -2.43. The molecule has 0 unspecified atom stereocenters. The van der Waals surface area contributed by atoms with E-state index in [1.54, 1.807) is 38.5 Å². The van der Waals surface area contributed by atoms with E-state index in [-0.39, 0.29) is 18.2 Å². The molecule has 0 heterocycles. The van der Waals surface area contributed by atoms with Crippen molar-refractivity contribution >= 4 is 0 Å². The number of benzene rings is 2. The van der Waals surface area contributed by atoms with Crippen LogP contribution in [0.2, 0.25) is 0 Å². The average molecular weight is 306 g/mol. The van der Waals surface area contributed by atoms with Crippen molar-refractivity contribution in [1.82, 2.24) is 0 Å². The van der Waals surface area contributed by atoms with Gasteiger partial charge in [-0.3, -0.25) is 0 Å². The minimum atomic E-state index is -0.382. The summed E-state index contributed by atoms with van der Waals surface area (Å²) >= 11 is 0. The molecular formula is C17H19FO4. The van der Waals surface area contributed by atoms with Gasteiger partial charge in [-0.15, -0.1) is 0 Å². The molecule has 0 aromatic heterocycles. The van der Waals surface area contributed by atoms with Gasteiger partial charge in [0.25, 0.3) is 0 Å². The van der Waals surface area contributed by atoms with Crippen LogP contribution in [0.1, 0.15) is 11.1 Å². The molecule has 0 aliphatic carbocycles. The summed E-state index contributed by atoms with van der Waals surface area (Å²) in [5.41, 5.74) is 1.63. The first kappa shape index (κ1) is 15.9. The number of hydrogen-bond donors (Lipinski definition) is 0. The highest BCUT2D eigenvalue weighted by molar-refractivity contribution is 5.53. The normalized spacial score (nSPS) is 10.2. The number of ether oxygens (including phenoxy) is 4. The van der Waals surface area contributed by atoms with Crippen LogP contribution in [0.4, 0.5) is 4.39 Å². The van der Waals surface area contributed by atoms with Gasteiger partial charge in [0, 0.05) is 0 Å². The fraction of sp³-hybridized carbons (Fsp3) is 0.294. The number of methoxy groups -OCH3 is 3. The van der Waals surface area contributed by atoms with Crippen LogP contribution in [-0.2, 0) is 6.61 Å². The highest BCUT2D eigenvalue weighted by Gasteiger charge is 2.14. The van der Waals surface area contributed by atoms with Crippen molar-refractivity contribution in [2.75, 3.05) is 21.3 Å². The van der Waals surface area contributed by atoms with E-state index in [2.05, 4.69) is 0 Å². The van der Waals surface area contributed by atoms with E-state index in [0.717, 1.165) is 11.1 Å². The van der Waals surface area contributed by atoms with Crippen molar-refractivity contribution in [2.24, 2.45) is 0 Å². The van der Waals surface area contributed by atoms with Crippen LogP contribution in [0.5, 0.6) is 23.0 Å². The molecule has 0 saturated carbocycles. The van der Waals surface area contributed by atoms with Crippen LogP contribution >= 0.6 is 0 Å². The standard InChI is InChI=1S/C17H19FO4/c1-11-5-6-14(13(18)7-11)22-10-12-8-15(19-2)17(21-4)16(9-12)20-3/h5-9H,10H2,1-4H3. The van der Waals surface area contributed by atoms with Crippen molar-refractivity contribution in [3.8, 4) is 23.0 Å². The molecule has 0 bridgehead atoms. The Morgan fingerprint density at radius 3 is 2.00 bits per heavy atom. The molecule has 0 amide bonds. The molecule has 0 spiro atoms. The molecule has 0 atom stereocenters. The van der Waals surface area contributed by atoms with E-state index in [1.807, 2.05) is 6.92 Å². The van der Waals surface area contributed by atoms with E-state index in [4.69, 9.17) is 18.9 Å². The Bertz CT molecular complexity index is 630. The van der Waals surface area contributed by atoms with Gasteiger partial charge in [-0.2, -0.15) is 0 Å². The quantitative estimate of drug-likeness (QED) is 0.814. The summed E-state index contributed by atoms with van der Waals surface area (Å²) in [4.78, 5) is 0. The number of rotatable bonds is 6. The molecule has 2 aromatic carbocycles. The second kappa shape index (κ2) is 7.02. The summed E-state index contributed by atoms with van der Waals surface area (Å²) in [6, 6.07) is 8.39. The van der Waals surface area contributed by atoms with Gasteiger partial charge in [-0.1, -0.05) is 6.07 Å². The molecule has 0 fully saturated rings. The van der Waals surface area contributed by atoms with Crippen LogP contribution in [0, 0.1) is 12.7 Å². The molecule has 0 aliphatic rings. The third-order valence-electron chi connectivity index (χ3n) is 3.21. The van der Waals surface area contributed by atoms with Crippen LogP contribution in [0.3, 0.4) is 0 Å².